The first-order chi connectivity index (χ1) is 9.70. The van der Waals surface area contributed by atoms with E-state index in [-0.39, 0.29) is 0 Å². The number of ether oxygens (including phenoxy) is 2. The number of rotatable bonds is 3. The highest BCUT2D eigenvalue weighted by Crippen LogP contribution is 2.37. The maximum atomic E-state index is 6.08. The normalized spacial score (nSPS) is 18.4. The maximum Gasteiger partial charge on any atom is 0.129 e. The minimum Gasteiger partial charge on any atom is -0.496 e. The Bertz CT molecular complexity index is 616. The van der Waals surface area contributed by atoms with Crippen LogP contribution in [-0.2, 0) is 11.8 Å². The van der Waals surface area contributed by atoms with Gasteiger partial charge in [-0.15, -0.1) is 0 Å². The molecule has 1 atom stereocenters. The highest BCUT2D eigenvalue weighted by Gasteiger charge is 2.20. The fourth-order valence-corrected chi connectivity index (χ4v) is 2.64. The highest BCUT2D eigenvalue weighted by atomic mass is 16.5. The number of benzene rings is 1. The standard InChI is InChI=1S/C15H19N3O2/c1-18-15(16)13(8-17-18)12-7-10(3-4-14(12)19-2)11-5-6-20-9-11/h3-4,7-8,11H,5-6,9,16H2,1-2H3. The number of nitrogen functional groups attached to an aromatic ring is 1. The second kappa shape index (κ2) is 5.17. The van der Waals surface area contributed by atoms with Crippen LogP contribution in [0.2, 0.25) is 0 Å². The molecule has 1 fully saturated rings. The van der Waals surface area contributed by atoms with Gasteiger partial charge in [-0.1, -0.05) is 6.07 Å². The Morgan fingerprint density at radius 1 is 1.40 bits per heavy atom. The van der Waals surface area contributed by atoms with E-state index in [4.69, 9.17) is 15.2 Å². The maximum absolute atomic E-state index is 6.08. The van der Waals surface area contributed by atoms with Crippen molar-refractivity contribution in [2.24, 2.45) is 7.05 Å². The molecule has 2 heterocycles. The fraction of sp³-hybridized carbons (Fsp3) is 0.400. The van der Waals surface area contributed by atoms with Gasteiger partial charge in [0.05, 0.1) is 19.9 Å². The molecule has 1 unspecified atom stereocenters. The molecule has 2 aromatic rings. The van der Waals surface area contributed by atoms with E-state index in [1.54, 1.807) is 18.0 Å². The van der Waals surface area contributed by atoms with Crippen LogP contribution in [0.5, 0.6) is 5.75 Å². The largest absolute Gasteiger partial charge is 0.496 e. The number of aryl methyl sites for hydroxylation is 1. The smallest absolute Gasteiger partial charge is 0.129 e. The van der Waals surface area contributed by atoms with Crippen molar-refractivity contribution >= 4 is 5.82 Å². The first-order valence-corrected chi connectivity index (χ1v) is 6.74. The number of anilines is 1. The fourth-order valence-electron chi connectivity index (χ4n) is 2.64. The van der Waals surface area contributed by atoms with Gasteiger partial charge < -0.3 is 15.2 Å². The summed E-state index contributed by atoms with van der Waals surface area (Å²) in [5.74, 6) is 1.91. The van der Waals surface area contributed by atoms with Crippen molar-refractivity contribution in [1.29, 1.82) is 0 Å². The minimum absolute atomic E-state index is 0.456. The number of nitrogens with two attached hydrogens (primary N) is 1. The third-order valence-corrected chi connectivity index (χ3v) is 3.90. The molecular formula is C15H19N3O2. The Morgan fingerprint density at radius 3 is 2.85 bits per heavy atom. The van der Waals surface area contributed by atoms with E-state index in [1.807, 2.05) is 13.1 Å². The summed E-state index contributed by atoms with van der Waals surface area (Å²) in [6.07, 6.45) is 2.84. The second-order valence-electron chi connectivity index (χ2n) is 5.09. The average Bonchev–Trinajstić information content (AvgIpc) is 3.10. The summed E-state index contributed by atoms with van der Waals surface area (Å²) >= 11 is 0. The van der Waals surface area contributed by atoms with Crippen LogP contribution in [0.15, 0.2) is 24.4 Å². The lowest BCUT2D eigenvalue weighted by molar-refractivity contribution is 0.194. The van der Waals surface area contributed by atoms with Crippen molar-refractivity contribution in [3.05, 3.63) is 30.0 Å². The summed E-state index contributed by atoms with van der Waals surface area (Å²) in [6, 6.07) is 6.25. The van der Waals surface area contributed by atoms with E-state index in [0.717, 1.165) is 36.5 Å². The molecule has 1 aliphatic heterocycles. The summed E-state index contributed by atoms with van der Waals surface area (Å²) in [5.41, 5.74) is 9.24. The molecule has 5 heteroatoms. The third kappa shape index (κ3) is 2.14. The zero-order valence-corrected chi connectivity index (χ0v) is 11.8. The molecule has 1 saturated heterocycles. The van der Waals surface area contributed by atoms with Crippen LogP contribution in [0.25, 0.3) is 11.1 Å². The Labute approximate surface area is 118 Å². The molecule has 1 aliphatic rings. The molecular weight excluding hydrogens is 254 g/mol. The van der Waals surface area contributed by atoms with Gasteiger partial charge in [0.15, 0.2) is 0 Å². The summed E-state index contributed by atoms with van der Waals surface area (Å²) < 4.78 is 12.6. The molecule has 5 nitrogen and oxygen atoms in total. The van der Waals surface area contributed by atoms with Crippen LogP contribution in [0.4, 0.5) is 5.82 Å². The highest BCUT2D eigenvalue weighted by molar-refractivity contribution is 5.78. The molecule has 0 bridgehead atoms. The zero-order valence-electron chi connectivity index (χ0n) is 11.8. The number of hydrogen-bond donors (Lipinski definition) is 1. The first kappa shape index (κ1) is 13.0. The molecule has 0 aliphatic carbocycles. The van der Waals surface area contributed by atoms with E-state index in [1.165, 1.54) is 5.56 Å². The quantitative estimate of drug-likeness (QED) is 0.931. The van der Waals surface area contributed by atoms with Gasteiger partial charge in [0.2, 0.25) is 0 Å². The molecule has 3 rings (SSSR count). The lowest BCUT2D eigenvalue weighted by Gasteiger charge is -2.13. The zero-order chi connectivity index (χ0) is 14.1. The number of methoxy groups -OCH3 is 1. The molecule has 0 amide bonds. The van der Waals surface area contributed by atoms with E-state index in [9.17, 15) is 0 Å². The molecule has 1 aromatic heterocycles. The monoisotopic (exact) mass is 273 g/mol. The van der Waals surface area contributed by atoms with Crippen molar-refractivity contribution in [3.8, 4) is 16.9 Å². The van der Waals surface area contributed by atoms with E-state index < -0.39 is 0 Å². The van der Waals surface area contributed by atoms with Gasteiger partial charge in [-0.25, -0.2) is 0 Å². The van der Waals surface area contributed by atoms with Gasteiger partial charge in [-0.3, -0.25) is 4.68 Å². The summed E-state index contributed by atoms with van der Waals surface area (Å²) in [6.45, 7) is 1.62. The van der Waals surface area contributed by atoms with Crippen LogP contribution in [0.1, 0.15) is 17.9 Å². The van der Waals surface area contributed by atoms with E-state index >= 15 is 0 Å². The Kier molecular flexibility index (Phi) is 3.36. The second-order valence-corrected chi connectivity index (χ2v) is 5.09. The summed E-state index contributed by atoms with van der Waals surface area (Å²) in [4.78, 5) is 0. The van der Waals surface area contributed by atoms with E-state index in [2.05, 4.69) is 17.2 Å². The summed E-state index contributed by atoms with van der Waals surface area (Å²) in [7, 11) is 3.50. The predicted octanol–water partition coefficient (Wildman–Crippen LogP) is 2.18. The number of aromatic nitrogens is 2. The van der Waals surface area contributed by atoms with Crippen molar-refractivity contribution in [3.63, 3.8) is 0 Å². The minimum atomic E-state index is 0.456. The summed E-state index contributed by atoms with van der Waals surface area (Å²) in [5, 5.41) is 4.21. The van der Waals surface area contributed by atoms with Gasteiger partial charge in [0, 0.05) is 30.7 Å². The Morgan fingerprint density at radius 2 is 2.25 bits per heavy atom. The van der Waals surface area contributed by atoms with E-state index in [0.29, 0.717) is 11.7 Å². The van der Waals surface area contributed by atoms with Gasteiger partial charge in [0.25, 0.3) is 0 Å². The van der Waals surface area contributed by atoms with Crippen molar-refractivity contribution < 1.29 is 9.47 Å². The Balaban J connectivity index is 2.07. The van der Waals surface area contributed by atoms with Gasteiger partial charge in [-0.2, -0.15) is 5.10 Å². The van der Waals surface area contributed by atoms with Crippen LogP contribution in [0, 0.1) is 0 Å². The topological polar surface area (TPSA) is 62.3 Å². The van der Waals surface area contributed by atoms with Crippen molar-refractivity contribution in [1.82, 2.24) is 9.78 Å². The molecule has 106 valence electrons. The third-order valence-electron chi connectivity index (χ3n) is 3.90. The molecule has 20 heavy (non-hydrogen) atoms. The Hall–Kier alpha value is -2.01. The molecule has 0 saturated carbocycles. The lowest BCUT2D eigenvalue weighted by atomic mass is 9.94. The van der Waals surface area contributed by atoms with Gasteiger partial charge in [-0.05, 0) is 24.1 Å². The molecule has 1 aromatic carbocycles. The van der Waals surface area contributed by atoms with Gasteiger partial charge in [0.1, 0.15) is 11.6 Å². The van der Waals surface area contributed by atoms with Gasteiger partial charge >= 0.3 is 0 Å². The molecule has 0 radical (unpaired) electrons. The van der Waals surface area contributed by atoms with Crippen LogP contribution >= 0.6 is 0 Å². The SMILES string of the molecule is COc1ccc(C2CCOC2)cc1-c1cnn(C)c1N. The van der Waals surface area contributed by atoms with Crippen molar-refractivity contribution in [2.75, 3.05) is 26.1 Å². The molecule has 2 N–H and O–H groups in total. The first-order valence-electron chi connectivity index (χ1n) is 6.74. The molecule has 0 spiro atoms. The number of nitrogens with zero attached hydrogens (tertiary/aromatic N) is 2. The van der Waals surface area contributed by atoms with Crippen LogP contribution in [0.3, 0.4) is 0 Å². The average molecular weight is 273 g/mol. The lowest BCUT2D eigenvalue weighted by Crippen LogP contribution is -2.01. The van der Waals surface area contributed by atoms with Crippen molar-refractivity contribution in [2.45, 2.75) is 12.3 Å². The van der Waals surface area contributed by atoms with Crippen LogP contribution < -0.4 is 10.5 Å². The predicted molar refractivity (Wildman–Crippen MR) is 77.8 cm³/mol. The number of hydrogen-bond acceptors (Lipinski definition) is 4. The van der Waals surface area contributed by atoms with Crippen LogP contribution in [-0.4, -0.2) is 30.1 Å².